The second-order valence-corrected chi connectivity index (χ2v) is 4.98. The van der Waals surface area contributed by atoms with E-state index < -0.39 is 0 Å². The van der Waals surface area contributed by atoms with Crippen molar-refractivity contribution < 1.29 is 4.79 Å². The van der Waals surface area contributed by atoms with Crippen LogP contribution in [0, 0.1) is 0 Å². The number of aldehydes is 1. The van der Waals surface area contributed by atoms with Gasteiger partial charge in [0.25, 0.3) is 0 Å². The van der Waals surface area contributed by atoms with Crippen LogP contribution in [0.1, 0.15) is 34.8 Å². The summed E-state index contributed by atoms with van der Waals surface area (Å²) in [6, 6.07) is 7.67. The number of benzene rings is 1. The van der Waals surface area contributed by atoms with Gasteiger partial charge in [0.1, 0.15) is 6.29 Å². The molecular formula is C15H17N3O. The zero-order chi connectivity index (χ0) is 13.1. The van der Waals surface area contributed by atoms with E-state index in [1.165, 1.54) is 18.5 Å². The van der Waals surface area contributed by atoms with Gasteiger partial charge in [0, 0.05) is 29.3 Å². The van der Waals surface area contributed by atoms with Crippen molar-refractivity contribution in [3.63, 3.8) is 0 Å². The monoisotopic (exact) mass is 255 g/mol. The van der Waals surface area contributed by atoms with Crippen LogP contribution in [0.2, 0.25) is 0 Å². The predicted octanol–water partition coefficient (Wildman–Crippen LogP) is 2.36. The third-order valence-corrected chi connectivity index (χ3v) is 3.71. The molecule has 2 aromatic rings. The number of carbonyl (C=O) groups is 1. The summed E-state index contributed by atoms with van der Waals surface area (Å²) in [7, 11) is 0. The van der Waals surface area contributed by atoms with E-state index in [-0.39, 0.29) is 0 Å². The summed E-state index contributed by atoms with van der Waals surface area (Å²) in [6.45, 7) is 2.09. The lowest BCUT2D eigenvalue weighted by atomic mass is 9.91. The number of H-pyrrole nitrogens is 1. The number of nitrogens with one attached hydrogen (secondary N) is 2. The average molecular weight is 255 g/mol. The first-order chi connectivity index (χ1) is 9.38. The van der Waals surface area contributed by atoms with E-state index in [1.807, 2.05) is 30.5 Å². The van der Waals surface area contributed by atoms with Gasteiger partial charge in [0.15, 0.2) is 0 Å². The molecule has 1 aromatic heterocycles. The predicted molar refractivity (Wildman–Crippen MR) is 74.3 cm³/mol. The third kappa shape index (κ3) is 2.44. The van der Waals surface area contributed by atoms with Gasteiger partial charge in [-0.25, -0.2) is 0 Å². The summed E-state index contributed by atoms with van der Waals surface area (Å²) >= 11 is 0. The Morgan fingerprint density at radius 1 is 1.37 bits per heavy atom. The number of hydrogen-bond acceptors (Lipinski definition) is 3. The molecule has 0 aliphatic carbocycles. The minimum atomic E-state index is 0.478. The molecule has 1 atom stereocenters. The number of carbonyl (C=O) groups excluding carboxylic acids is 1. The number of aromatic nitrogens is 2. The highest BCUT2D eigenvalue weighted by Crippen LogP contribution is 2.31. The molecule has 0 amide bonds. The van der Waals surface area contributed by atoms with Gasteiger partial charge in [-0.05, 0) is 31.0 Å². The van der Waals surface area contributed by atoms with Crippen LogP contribution in [0.25, 0.3) is 11.1 Å². The minimum absolute atomic E-state index is 0.478. The molecule has 1 fully saturated rings. The third-order valence-electron chi connectivity index (χ3n) is 3.71. The van der Waals surface area contributed by atoms with Gasteiger partial charge < -0.3 is 5.32 Å². The SMILES string of the molecule is O=Cc1cccc(-c2cn[nH]c2[C@H]2CCCNC2)c1. The molecule has 98 valence electrons. The summed E-state index contributed by atoms with van der Waals surface area (Å²) in [5.74, 6) is 0.478. The Morgan fingerprint density at radius 3 is 3.11 bits per heavy atom. The van der Waals surface area contributed by atoms with E-state index in [0.717, 1.165) is 30.5 Å². The van der Waals surface area contributed by atoms with Crippen LogP contribution in [0.15, 0.2) is 30.5 Å². The summed E-state index contributed by atoms with van der Waals surface area (Å²) < 4.78 is 0. The molecule has 2 N–H and O–H groups in total. The molecular weight excluding hydrogens is 238 g/mol. The Kier molecular flexibility index (Phi) is 3.42. The maximum atomic E-state index is 10.9. The Balaban J connectivity index is 1.96. The zero-order valence-electron chi connectivity index (χ0n) is 10.7. The van der Waals surface area contributed by atoms with Gasteiger partial charge in [-0.15, -0.1) is 0 Å². The van der Waals surface area contributed by atoms with Crippen LogP contribution < -0.4 is 5.32 Å². The molecule has 1 saturated heterocycles. The van der Waals surface area contributed by atoms with Crippen LogP contribution >= 0.6 is 0 Å². The first kappa shape index (κ1) is 12.1. The van der Waals surface area contributed by atoms with Gasteiger partial charge >= 0.3 is 0 Å². The Bertz CT molecular complexity index is 570. The van der Waals surface area contributed by atoms with Crippen LogP contribution in [0.5, 0.6) is 0 Å². The lowest BCUT2D eigenvalue weighted by Gasteiger charge is -2.22. The Morgan fingerprint density at radius 2 is 2.32 bits per heavy atom. The maximum Gasteiger partial charge on any atom is 0.150 e. The first-order valence-electron chi connectivity index (χ1n) is 6.68. The number of aromatic amines is 1. The van der Waals surface area contributed by atoms with E-state index in [0.29, 0.717) is 11.5 Å². The smallest absolute Gasteiger partial charge is 0.150 e. The molecule has 19 heavy (non-hydrogen) atoms. The normalized spacial score (nSPS) is 19.3. The number of nitrogens with zero attached hydrogens (tertiary/aromatic N) is 1. The quantitative estimate of drug-likeness (QED) is 0.828. The summed E-state index contributed by atoms with van der Waals surface area (Å²) in [5.41, 5.74) is 4.04. The molecule has 0 bridgehead atoms. The van der Waals surface area contributed by atoms with Crippen LogP contribution in [-0.2, 0) is 0 Å². The zero-order valence-corrected chi connectivity index (χ0v) is 10.7. The van der Waals surface area contributed by atoms with Crippen LogP contribution in [0.3, 0.4) is 0 Å². The van der Waals surface area contributed by atoms with E-state index in [9.17, 15) is 4.79 Å². The molecule has 0 saturated carbocycles. The fourth-order valence-corrected chi connectivity index (χ4v) is 2.72. The lowest BCUT2D eigenvalue weighted by Crippen LogP contribution is -2.28. The number of hydrogen-bond donors (Lipinski definition) is 2. The highest BCUT2D eigenvalue weighted by atomic mass is 16.1. The van der Waals surface area contributed by atoms with Crippen molar-refractivity contribution in [1.29, 1.82) is 0 Å². The maximum absolute atomic E-state index is 10.9. The summed E-state index contributed by atoms with van der Waals surface area (Å²) in [4.78, 5) is 10.9. The van der Waals surface area contributed by atoms with Gasteiger partial charge in [-0.1, -0.05) is 18.2 Å². The van der Waals surface area contributed by atoms with E-state index in [1.54, 1.807) is 0 Å². The van der Waals surface area contributed by atoms with Gasteiger partial charge in [-0.3, -0.25) is 9.89 Å². The van der Waals surface area contributed by atoms with Gasteiger partial charge in [0.2, 0.25) is 0 Å². The Labute approximate surface area is 112 Å². The van der Waals surface area contributed by atoms with Crippen molar-refractivity contribution in [3.05, 3.63) is 41.7 Å². The molecule has 2 heterocycles. The molecule has 1 aromatic carbocycles. The van der Waals surface area contributed by atoms with Crippen molar-refractivity contribution in [2.75, 3.05) is 13.1 Å². The molecule has 3 rings (SSSR count). The van der Waals surface area contributed by atoms with Crippen molar-refractivity contribution in [1.82, 2.24) is 15.5 Å². The molecule has 0 radical (unpaired) electrons. The second kappa shape index (κ2) is 5.36. The van der Waals surface area contributed by atoms with Crippen molar-refractivity contribution in [2.45, 2.75) is 18.8 Å². The molecule has 4 nitrogen and oxygen atoms in total. The van der Waals surface area contributed by atoms with Crippen molar-refractivity contribution in [3.8, 4) is 11.1 Å². The molecule has 1 aliphatic heterocycles. The Hall–Kier alpha value is -1.94. The highest BCUT2D eigenvalue weighted by Gasteiger charge is 2.20. The largest absolute Gasteiger partial charge is 0.316 e. The van der Waals surface area contributed by atoms with E-state index in [2.05, 4.69) is 15.5 Å². The second-order valence-electron chi connectivity index (χ2n) is 4.98. The van der Waals surface area contributed by atoms with Crippen LogP contribution in [-0.4, -0.2) is 29.6 Å². The number of rotatable bonds is 3. The van der Waals surface area contributed by atoms with Crippen molar-refractivity contribution in [2.24, 2.45) is 0 Å². The van der Waals surface area contributed by atoms with E-state index >= 15 is 0 Å². The van der Waals surface area contributed by atoms with Crippen molar-refractivity contribution >= 4 is 6.29 Å². The summed E-state index contributed by atoms with van der Waals surface area (Å²) in [6.07, 6.45) is 5.10. The standard InChI is InChI=1S/C15H17N3O/c19-10-11-3-1-4-12(7-11)14-9-17-18-15(14)13-5-2-6-16-8-13/h1,3-4,7,9-10,13,16H,2,5-6,8H2,(H,17,18)/t13-/m0/s1. The molecule has 0 unspecified atom stereocenters. The topological polar surface area (TPSA) is 57.8 Å². The van der Waals surface area contributed by atoms with Crippen LogP contribution in [0.4, 0.5) is 0 Å². The average Bonchev–Trinajstić information content (AvgIpc) is 2.98. The summed E-state index contributed by atoms with van der Waals surface area (Å²) in [5, 5.41) is 10.7. The fraction of sp³-hybridized carbons (Fsp3) is 0.333. The fourth-order valence-electron chi connectivity index (χ4n) is 2.72. The van der Waals surface area contributed by atoms with Gasteiger partial charge in [-0.2, -0.15) is 5.10 Å². The molecule has 0 spiro atoms. The lowest BCUT2D eigenvalue weighted by molar-refractivity contribution is 0.112. The van der Waals surface area contributed by atoms with Gasteiger partial charge in [0.05, 0.1) is 6.20 Å². The first-order valence-corrected chi connectivity index (χ1v) is 6.68. The molecule has 1 aliphatic rings. The molecule has 4 heteroatoms. The number of piperidine rings is 1. The highest BCUT2D eigenvalue weighted by molar-refractivity contribution is 5.79. The minimum Gasteiger partial charge on any atom is -0.316 e. The van der Waals surface area contributed by atoms with E-state index in [4.69, 9.17) is 0 Å².